The zero-order valence-corrected chi connectivity index (χ0v) is 12.1. The average Bonchev–Trinajstić information content (AvgIpc) is 2.73. The highest BCUT2D eigenvalue weighted by molar-refractivity contribution is 5.85. The van der Waals surface area contributed by atoms with E-state index in [0.717, 1.165) is 24.5 Å². The molecule has 0 atom stereocenters. The van der Waals surface area contributed by atoms with E-state index < -0.39 is 11.8 Å². The highest BCUT2D eigenvalue weighted by atomic mass is 19.1. The zero-order valence-electron chi connectivity index (χ0n) is 12.1. The maximum absolute atomic E-state index is 13.6. The van der Waals surface area contributed by atoms with Crippen molar-refractivity contribution in [2.45, 2.75) is 51.2 Å². The van der Waals surface area contributed by atoms with E-state index in [2.05, 4.69) is 0 Å². The molecule has 2 rings (SSSR count). The summed E-state index contributed by atoms with van der Waals surface area (Å²) in [6.07, 6.45) is 9.65. The summed E-state index contributed by atoms with van der Waals surface area (Å²) in [4.78, 5) is 10.5. The summed E-state index contributed by atoms with van der Waals surface area (Å²) in [6.45, 7) is 0.443. The topological polar surface area (TPSA) is 46.5 Å². The van der Waals surface area contributed by atoms with Crippen LogP contribution in [0.15, 0.2) is 24.3 Å². The molecule has 1 aromatic rings. The predicted molar refractivity (Wildman–Crippen MR) is 79.3 cm³/mol. The molecule has 1 aromatic carbocycles. The van der Waals surface area contributed by atoms with Crippen LogP contribution >= 0.6 is 0 Å². The van der Waals surface area contributed by atoms with Gasteiger partial charge in [-0.2, -0.15) is 0 Å². The summed E-state index contributed by atoms with van der Waals surface area (Å²) >= 11 is 0. The minimum absolute atomic E-state index is 0.277. The van der Waals surface area contributed by atoms with Crippen molar-refractivity contribution in [3.8, 4) is 0 Å². The number of rotatable bonds is 5. The van der Waals surface area contributed by atoms with Gasteiger partial charge in [-0.15, -0.1) is 0 Å². The van der Waals surface area contributed by atoms with Gasteiger partial charge in [-0.3, -0.25) is 0 Å². The normalized spacial score (nSPS) is 17.0. The van der Waals surface area contributed by atoms with Crippen molar-refractivity contribution in [3.63, 3.8) is 0 Å². The van der Waals surface area contributed by atoms with Gasteiger partial charge in [0.1, 0.15) is 5.82 Å². The highest BCUT2D eigenvalue weighted by Crippen LogP contribution is 2.21. The van der Waals surface area contributed by atoms with Gasteiger partial charge >= 0.3 is 5.97 Å². The predicted octanol–water partition coefficient (Wildman–Crippen LogP) is 4.16. The molecule has 1 aliphatic rings. The molecule has 0 saturated heterocycles. The second-order valence-corrected chi connectivity index (χ2v) is 5.45. The first-order chi connectivity index (χ1) is 10.1. The SMILES string of the molecule is O=C(O)C=Cc1cc(COC2CCCCCC2)ccc1F. The Kier molecular flexibility index (Phi) is 5.93. The molecule has 21 heavy (non-hydrogen) atoms. The number of ether oxygens (including phenoxy) is 1. The summed E-state index contributed by atoms with van der Waals surface area (Å²) in [6, 6.07) is 4.68. The standard InChI is InChI=1S/C17H21FO3/c18-16-9-7-13(11-14(16)8-10-17(19)20)12-21-15-5-3-1-2-4-6-15/h7-11,15H,1-6,12H2,(H,19,20). The van der Waals surface area contributed by atoms with Gasteiger partial charge in [0.2, 0.25) is 0 Å². The van der Waals surface area contributed by atoms with Gasteiger partial charge in [-0.1, -0.05) is 31.7 Å². The monoisotopic (exact) mass is 292 g/mol. The molecule has 114 valence electrons. The molecule has 3 nitrogen and oxygen atoms in total. The van der Waals surface area contributed by atoms with Crippen molar-refractivity contribution < 1.29 is 19.0 Å². The second-order valence-electron chi connectivity index (χ2n) is 5.45. The van der Waals surface area contributed by atoms with Crippen molar-refractivity contribution >= 4 is 12.0 Å². The third-order valence-corrected chi connectivity index (χ3v) is 3.75. The lowest BCUT2D eigenvalue weighted by Gasteiger charge is -2.15. The van der Waals surface area contributed by atoms with Crippen LogP contribution in [0.5, 0.6) is 0 Å². The minimum Gasteiger partial charge on any atom is -0.478 e. The summed E-state index contributed by atoms with van der Waals surface area (Å²) in [5, 5.41) is 8.60. The molecule has 1 fully saturated rings. The van der Waals surface area contributed by atoms with Gasteiger partial charge in [0.25, 0.3) is 0 Å². The molecule has 0 heterocycles. The molecule has 4 heteroatoms. The van der Waals surface area contributed by atoms with Crippen LogP contribution in [0.1, 0.15) is 49.7 Å². The minimum atomic E-state index is -1.09. The Balaban J connectivity index is 1.96. The molecule has 0 bridgehead atoms. The molecule has 1 aliphatic carbocycles. The van der Waals surface area contributed by atoms with Gasteiger partial charge < -0.3 is 9.84 Å². The van der Waals surface area contributed by atoms with E-state index in [1.165, 1.54) is 37.8 Å². The molecule has 1 saturated carbocycles. The first-order valence-electron chi connectivity index (χ1n) is 7.46. The molecule has 0 aliphatic heterocycles. The molecule has 0 amide bonds. The maximum atomic E-state index is 13.6. The van der Waals surface area contributed by atoms with Crippen LogP contribution in [-0.4, -0.2) is 17.2 Å². The molecular weight excluding hydrogens is 271 g/mol. The number of aliphatic carboxylic acids is 1. The van der Waals surface area contributed by atoms with Crippen molar-refractivity contribution in [3.05, 3.63) is 41.2 Å². The van der Waals surface area contributed by atoms with E-state index in [-0.39, 0.29) is 11.7 Å². The van der Waals surface area contributed by atoms with Crippen molar-refractivity contribution in [2.75, 3.05) is 0 Å². The lowest BCUT2D eigenvalue weighted by Crippen LogP contribution is -2.11. The third-order valence-electron chi connectivity index (χ3n) is 3.75. The average molecular weight is 292 g/mol. The first-order valence-corrected chi connectivity index (χ1v) is 7.46. The lowest BCUT2D eigenvalue weighted by molar-refractivity contribution is -0.131. The van der Waals surface area contributed by atoms with Crippen molar-refractivity contribution in [2.24, 2.45) is 0 Å². The van der Waals surface area contributed by atoms with E-state index in [9.17, 15) is 9.18 Å². The maximum Gasteiger partial charge on any atom is 0.328 e. The van der Waals surface area contributed by atoms with E-state index in [1.807, 2.05) is 0 Å². The Labute approximate surface area is 124 Å². The summed E-state index contributed by atoms with van der Waals surface area (Å²) in [7, 11) is 0. The van der Waals surface area contributed by atoms with E-state index in [4.69, 9.17) is 9.84 Å². The number of hydrogen-bond acceptors (Lipinski definition) is 2. The van der Waals surface area contributed by atoms with Crippen LogP contribution in [0.3, 0.4) is 0 Å². The molecule has 0 spiro atoms. The third kappa shape index (κ3) is 5.31. The van der Waals surface area contributed by atoms with E-state index in [0.29, 0.717) is 6.61 Å². The summed E-state index contributed by atoms with van der Waals surface area (Å²) in [5.41, 5.74) is 1.14. The Hall–Kier alpha value is -1.68. The fourth-order valence-electron chi connectivity index (χ4n) is 2.59. The molecule has 0 radical (unpaired) electrons. The van der Waals surface area contributed by atoms with Crippen LogP contribution in [0, 0.1) is 5.82 Å². The van der Waals surface area contributed by atoms with Crippen LogP contribution in [0.4, 0.5) is 4.39 Å². The number of hydrogen-bond donors (Lipinski definition) is 1. The molecule has 0 unspecified atom stereocenters. The Morgan fingerprint density at radius 3 is 2.67 bits per heavy atom. The Bertz CT molecular complexity index is 503. The number of benzene rings is 1. The van der Waals surface area contributed by atoms with Gasteiger partial charge in [0.05, 0.1) is 12.7 Å². The first kappa shape index (κ1) is 15.7. The smallest absolute Gasteiger partial charge is 0.328 e. The van der Waals surface area contributed by atoms with Crippen LogP contribution in [0.25, 0.3) is 6.08 Å². The van der Waals surface area contributed by atoms with Gasteiger partial charge in [-0.05, 0) is 36.6 Å². The van der Waals surface area contributed by atoms with Crippen LogP contribution < -0.4 is 0 Å². The van der Waals surface area contributed by atoms with Crippen LogP contribution in [0.2, 0.25) is 0 Å². The van der Waals surface area contributed by atoms with E-state index in [1.54, 1.807) is 12.1 Å². The quantitative estimate of drug-likeness (QED) is 0.654. The molecule has 0 aromatic heterocycles. The number of carbonyl (C=O) groups is 1. The summed E-state index contributed by atoms with van der Waals surface area (Å²) in [5.74, 6) is -1.51. The van der Waals surface area contributed by atoms with Gasteiger partial charge in [-0.25, -0.2) is 9.18 Å². The largest absolute Gasteiger partial charge is 0.478 e. The van der Waals surface area contributed by atoms with Crippen molar-refractivity contribution in [1.82, 2.24) is 0 Å². The van der Waals surface area contributed by atoms with Gasteiger partial charge in [0.15, 0.2) is 0 Å². The Morgan fingerprint density at radius 1 is 1.29 bits per heavy atom. The second kappa shape index (κ2) is 7.93. The molecule has 1 N–H and O–H groups in total. The highest BCUT2D eigenvalue weighted by Gasteiger charge is 2.12. The summed E-state index contributed by atoms with van der Waals surface area (Å²) < 4.78 is 19.5. The molecular formula is C17H21FO3. The number of carboxylic acid groups (broad SMARTS) is 1. The van der Waals surface area contributed by atoms with Gasteiger partial charge in [0, 0.05) is 11.6 Å². The zero-order chi connectivity index (χ0) is 15.1. The fourth-order valence-corrected chi connectivity index (χ4v) is 2.59. The van der Waals surface area contributed by atoms with E-state index >= 15 is 0 Å². The van der Waals surface area contributed by atoms with Crippen LogP contribution in [-0.2, 0) is 16.1 Å². The Morgan fingerprint density at radius 2 is 2.00 bits per heavy atom. The van der Waals surface area contributed by atoms with Crippen molar-refractivity contribution in [1.29, 1.82) is 0 Å². The lowest BCUT2D eigenvalue weighted by atomic mass is 10.1. The fraction of sp³-hybridized carbons (Fsp3) is 0.471. The number of halogens is 1. The number of carboxylic acids is 1.